The van der Waals surface area contributed by atoms with E-state index in [2.05, 4.69) is 0 Å². The summed E-state index contributed by atoms with van der Waals surface area (Å²) >= 11 is 0. The van der Waals surface area contributed by atoms with E-state index in [0.717, 1.165) is 0 Å². The molecule has 0 unspecified atom stereocenters. The first-order valence-corrected chi connectivity index (χ1v) is 4.32. The van der Waals surface area contributed by atoms with Crippen LogP contribution in [0.4, 0.5) is 0 Å². The van der Waals surface area contributed by atoms with Gasteiger partial charge in [0.05, 0.1) is 0 Å². The highest BCUT2D eigenvalue weighted by atomic mass is 32.2. The van der Waals surface area contributed by atoms with Crippen molar-refractivity contribution in [3.05, 3.63) is 0 Å². The minimum atomic E-state index is -4.26. The molecule has 0 spiro atoms. The Morgan fingerprint density at radius 1 is 1.40 bits per heavy atom. The Bertz CT molecular complexity index is 189. The molecule has 4 nitrogen and oxygen atoms in total. The number of rotatable bonds is 2. The molecule has 0 amide bonds. The van der Waals surface area contributed by atoms with Crippen LogP contribution in [0, 0.1) is 5.41 Å². The Morgan fingerprint density at radius 2 is 1.80 bits per heavy atom. The summed E-state index contributed by atoms with van der Waals surface area (Å²) in [6.45, 7) is 5.69. The normalized spacial score (nSPS) is 13.6. The summed E-state index contributed by atoms with van der Waals surface area (Å²) in [5.41, 5.74) is -0.183. The second kappa shape index (κ2) is 2.86. The molecule has 0 rings (SSSR count). The third-order valence-corrected chi connectivity index (χ3v) is 1.28. The van der Waals surface area contributed by atoms with Crippen molar-refractivity contribution in [2.75, 3.05) is 6.54 Å². The molecular weight excluding hydrogens is 154 g/mol. The maximum absolute atomic E-state index is 10.0. The lowest BCUT2D eigenvalue weighted by atomic mass is 9.98. The van der Waals surface area contributed by atoms with E-state index in [0.29, 0.717) is 0 Å². The van der Waals surface area contributed by atoms with Gasteiger partial charge in [-0.15, -0.1) is 0 Å². The van der Waals surface area contributed by atoms with Crippen LogP contribution in [-0.2, 0) is 10.3 Å². The van der Waals surface area contributed by atoms with Crippen LogP contribution < -0.4 is 4.72 Å². The average molecular weight is 166 g/mol. The maximum atomic E-state index is 10.0. The van der Waals surface area contributed by atoms with Crippen molar-refractivity contribution < 1.29 is 13.0 Å². The molecule has 10 heavy (non-hydrogen) atoms. The summed E-state index contributed by atoms with van der Waals surface area (Å²) in [7, 11) is -4.26. The van der Waals surface area contributed by atoms with E-state index in [1.807, 2.05) is 25.5 Å². The van der Waals surface area contributed by atoms with Crippen molar-refractivity contribution in [1.82, 2.24) is 4.72 Å². The first-order chi connectivity index (χ1) is 4.21. The second-order valence-electron chi connectivity index (χ2n) is 3.34. The molecule has 62 valence electrons. The van der Waals surface area contributed by atoms with Crippen LogP contribution >= 0.6 is 0 Å². The zero-order chi connectivity index (χ0) is 8.41. The molecule has 0 aliphatic carbocycles. The minimum Gasteiger partial charge on any atom is -0.735 e. The molecule has 0 aromatic carbocycles. The Hall–Kier alpha value is -0.130. The molecular formula is C5H12NO3S-. The van der Waals surface area contributed by atoms with Crippen molar-refractivity contribution in [1.29, 1.82) is 0 Å². The zero-order valence-corrected chi connectivity index (χ0v) is 7.16. The smallest absolute Gasteiger partial charge is 0.159 e. The fourth-order valence-corrected chi connectivity index (χ4v) is 0.915. The van der Waals surface area contributed by atoms with Crippen molar-refractivity contribution in [3.63, 3.8) is 0 Å². The van der Waals surface area contributed by atoms with Gasteiger partial charge < -0.3 is 4.55 Å². The molecule has 0 fully saturated rings. The van der Waals surface area contributed by atoms with E-state index in [-0.39, 0.29) is 12.0 Å². The first kappa shape index (κ1) is 9.87. The molecule has 0 aromatic rings. The molecule has 1 N–H and O–H groups in total. The van der Waals surface area contributed by atoms with Gasteiger partial charge in [-0.1, -0.05) is 20.8 Å². The van der Waals surface area contributed by atoms with Gasteiger partial charge in [0.25, 0.3) is 0 Å². The Morgan fingerprint density at radius 3 is 1.90 bits per heavy atom. The predicted octanol–water partition coefficient (Wildman–Crippen LogP) is 0.0823. The summed E-state index contributed by atoms with van der Waals surface area (Å²) < 4.78 is 31.9. The largest absolute Gasteiger partial charge is 0.735 e. The van der Waals surface area contributed by atoms with Crippen LogP contribution in [0.2, 0.25) is 0 Å². The lowest BCUT2D eigenvalue weighted by Gasteiger charge is -2.19. The van der Waals surface area contributed by atoms with Gasteiger partial charge in [-0.05, 0) is 5.41 Å². The molecule has 0 saturated carbocycles. The number of nitrogens with one attached hydrogen (secondary N) is 1. The summed E-state index contributed by atoms with van der Waals surface area (Å²) in [6, 6.07) is 0. The lowest BCUT2D eigenvalue weighted by molar-refractivity contribution is 0.385. The standard InChI is InChI=1S/C5H13NO3S/c1-5(2,3)4-6-10(7,8)9/h6H,4H2,1-3H3,(H,7,8,9)/p-1. The Kier molecular flexibility index (Phi) is 2.82. The lowest BCUT2D eigenvalue weighted by Crippen LogP contribution is -2.31. The van der Waals surface area contributed by atoms with Crippen molar-refractivity contribution in [3.8, 4) is 0 Å². The van der Waals surface area contributed by atoms with Crippen LogP contribution in [0.5, 0.6) is 0 Å². The van der Waals surface area contributed by atoms with E-state index in [1.165, 1.54) is 0 Å². The average Bonchev–Trinajstić information content (AvgIpc) is 1.57. The topological polar surface area (TPSA) is 69.2 Å². The fourth-order valence-electron chi connectivity index (χ4n) is 0.305. The Labute approximate surface area is 61.5 Å². The highest BCUT2D eigenvalue weighted by Gasteiger charge is 2.10. The maximum Gasteiger partial charge on any atom is 0.159 e. The first-order valence-electron chi connectivity index (χ1n) is 2.91. The summed E-state index contributed by atoms with van der Waals surface area (Å²) in [6.07, 6.45) is 0. The Balaban J connectivity index is 3.79. The quantitative estimate of drug-likeness (QED) is 0.591. The second-order valence-corrected chi connectivity index (χ2v) is 4.53. The fraction of sp³-hybridized carbons (Fsp3) is 1.00. The summed E-state index contributed by atoms with van der Waals surface area (Å²) in [5.74, 6) is 0. The zero-order valence-electron chi connectivity index (χ0n) is 6.34. The molecule has 0 atom stereocenters. The summed E-state index contributed by atoms with van der Waals surface area (Å²) in [5, 5.41) is 0. The van der Waals surface area contributed by atoms with E-state index < -0.39 is 10.3 Å². The van der Waals surface area contributed by atoms with Crippen molar-refractivity contribution >= 4 is 10.3 Å². The SMILES string of the molecule is CC(C)(C)CNS(=O)(=O)[O-]. The van der Waals surface area contributed by atoms with E-state index in [4.69, 9.17) is 0 Å². The van der Waals surface area contributed by atoms with Gasteiger partial charge in [0.2, 0.25) is 0 Å². The third-order valence-electron chi connectivity index (χ3n) is 0.779. The molecule has 0 bridgehead atoms. The van der Waals surface area contributed by atoms with Gasteiger partial charge in [0.1, 0.15) is 0 Å². The van der Waals surface area contributed by atoms with Crippen molar-refractivity contribution in [2.45, 2.75) is 20.8 Å². The highest BCUT2D eigenvalue weighted by molar-refractivity contribution is 7.83. The van der Waals surface area contributed by atoms with E-state index in [9.17, 15) is 13.0 Å². The number of hydrogen-bond donors (Lipinski definition) is 1. The van der Waals surface area contributed by atoms with Crippen LogP contribution in [-0.4, -0.2) is 19.5 Å². The van der Waals surface area contributed by atoms with Gasteiger partial charge in [0.15, 0.2) is 10.3 Å². The molecule has 0 radical (unpaired) electrons. The highest BCUT2D eigenvalue weighted by Crippen LogP contribution is 2.10. The summed E-state index contributed by atoms with van der Waals surface area (Å²) in [4.78, 5) is 0. The van der Waals surface area contributed by atoms with Crippen LogP contribution in [0.15, 0.2) is 0 Å². The molecule has 0 heterocycles. The molecule has 0 aliphatic rings. The van der Waals surface area contributed by atoms with Crippen LogP contribution in [0.3, 0.4) is 0 Å². The molecule has 5 heteroatoms. The van der Waals surface area contributed by atoms with Gasteiger partial charge in [0, 0.05) is 6.54 Å². The van der Waals surface area contributed by atoms with Gasteiger partial charge >= 0.3 is 0 Å². The van der Waals surface area contributed by atoms with Crippen molar-refractivity contribution in [2.24, 2.45) is 5.41 Å². The van der Waals surface area contributed by atoms with Crippen LogP contribution in [0.25, 0.3) is 0 Å². The number of hydrogen-bond acceptors (Lipinski definition) is 3. The van der Waals surface area contributed by atoms with E-state index in [1.54, 1.807) is 0 Å². The van der Waals surface area contributed by atoms with E-state index >= 15 is 0 Å². The van der Waals surface area contributed by atoms with Gasteiger partial charge in [-0.3, -0.25) is 0 Å². The predicted molar refractivity (Wildman–Crippen MR) is 37.2 cm³/mol. The minimum absolute atomic E-state index is 0.179. The van der Waals surface area contributed by atoms with Gasteiger partial charge in [-0.2, -0.15) is 0 Å². The molecule has 0 aliphatic heterocycles. The van der Waals surface area contributed by atoms with Gasteiger partial charge in [-0.25, -0.2) is 13.1 Å². The molecule has 0 aromatic heterocycles. The third kappa shape index (κ3) is 7.87. The monoisotopic (exact) mass is 166 g/mol. The molecule has 0 saturated heterocycles. The van der Waals surface area contributed by atoms with Crippen LogP contribution in [0.1, 0.15) is 20.8 Å².